The molecular weight excluding hydrogens is 273 g/mol. The number of aliphatic hydroxyl groups excluding tert-OH is 1. The van der Waals surface area contributed by atoms with Crippen molar-refractivity contribution in [2.24, 2.45) is 11.1 Å². The molecule has 0 amide bonds. The Kier molecular flexibility index (Phi) is 4.89. The van der Waals surface area contributed by atoms with Gasteiger partial charge in [0.2, 0.25) is 0 Å². The van der Waals surface area contributed by atoms with Gasteiger partial charge in [-0.25, -0.2) is 4.39 Å². The van der Waals surface area contributed by atoms with Crippen molar-refractivity contribution in [1.82, 2.24) is 0 Å². The zero-order valence-electron chi connectivity index (χ0n) is 9.34. The summed E-state index contributed by atoms with van der Waals surface area (Å²) in [6.45, 7) is 2.40. The quantitative estimate of drug-likeness (QED) is 0.875. The monoisotopic (exact) mass is 289 g/mol. The number of rotatable bonds is 5. The molecule has 0 aliphatic carbocycles. The largest absolute Gasteiger partial charge is 0.396 e. The fraction of sp³-hybridized carbons (Fsp3) is 0.500. The van der Waals surface area contributed by atoms with Gasteiger partial charge in [-0.15, -0.1) is 0 Å². The van der Waals surface area contributed by atoms with Crippen LogP contribution in [0.5, 0.6) is 0 Å². The topological polar surface area (TPSA) is 46.2 Å². The van der Waals surface area contributed by atoms with Gasteiger partial charge < -0.3 is 10.8 Å². The smallest absolute Gasteiger partial charge is 0.124 e. The number of hydrogen-bond donors (Lipinski definition) is 2. The summed E-state index contributed by atoms with van der Waals surface area (Å²) in [7, 11) is 0. The van der Waals surface area contributed by atoms with E-state index in [1.165, 1.54) is 12.1 Å². The van der Waals surface area contributed by atoms with Gasteiger partial charge in [-0.1, -0.05) is 22.9 Å². The second-order valence-corrected chi connectivity index (χ2v) is 5.09. The average Bonchev–Trinajstić information content (AvgIpc) is 2.25. The molecule has 0 aliphatic rings. The van der Waals surface area contributed by atoms with E-state index in [2.05, 4.69) is 15.9 Å². The van der Waals surface area contributed by atoms with Crippen LogP contribution in [0.3, 0.4) is 0 Å². The van der Waals surface area contributed by atoms with Crippen LogP contribution in [0.1, 0.15) is 18.9 Å². The predicted octanol–water partition coefficient (Wildman–Crippen LogP) is 2.48. The van der Waals surface area contributed by atoms with E-state index in [1.54, 1.807) is 0 Å². The Labute approximate surface area is 104 Å². The molecule has 0 fully saturated rings. The molecule has 0 heterocycles. The Morgan fingerprint density at radius 1 is 1.44 bits per heavy atom. The molecule has 4 heteroatoms. The molecule has 0 saturated heterocycles. The molecule has 1 aromatic carbocycles. The molecule has 1 aromatic rings. The molecule has 16 heavy (non-hydrogen) atoms. The van der Waals surface area contributed by atoms with Gasteiger partial charge in [0.05, 0.1) is 6.61 Å². The lowest BCUT2D eigenvalue weighted by atomic mass is 9.80. The molecule has 0 spiro atoms. The second-order valence-electron chi connectivity index (χ2n) is 4.17. The van der Waals surface area contributed by atoms with Crippen LogP contribution in [-0.4, -0.2) is 18.3 Å². The van der Waals surface area contributed by atoms with E-state index >= 15 is 0 Å². The summed E-state index contributed by atoms with van der Waals surface area (Å²) in [5, 5.41) is 9.39. The lowest BCUT2D eigenvalue weighted by Gasteiger charge is -2.29. The van der Waals surface area contributed by atoms with Crippen LogP contribution in [0.25, 0.3) is 0 Å². The number of halogens is 2. The summed E-state index contributed by atoms with van der Waals surface area (Å²) in [6, 6.07) is 4.76. The van der Waals surface area contributed by atoms with Gasteiger partial charge in [-0.3, -0.25) is 0 Å². The Morgan fingerprint density at radius 2 is 2.12 bits per heavy atom. The third-order valence-corrected chi connectivity index (χ3v) is 3.48. The van der Waals surface area contributed by atoms with Crippen molar-refractivity contribution >= 4 is 15.9 Å². The Bertz CT molecular complexity index is 324. The highest BCUT2D eigenvalue weighted by atomic mass is 79.9. The molecule has 2 nitrogen and oxygen atoms in total. The van der Waals surface area contributed by atoms with Gasteiger partial charge in [0.25, 0.3) is 0 Å². The molecule has 1 rings (SSSR count). The first-order valence-electron chi connectivity index (χ1n) is 5.31. The van der Waals surface area contributed by atoms with Crippen molar-refractivity contribution < 1.29 is 9.50 Å². The minimum atomic E-state index is -0.340. The normalized spacial score (nSPS) is 14.8. The first-order valence-corrected chi connectivity index (χ1v) is 6.10. The molecule has 0 aliphatic heterocycles. The van der Waals surface area contributed by atoms with Gasteiger partial charge in [0.15, 0.2) is 0 Å². The van der Waals surface area contributed by atoms with Crippen molar-refractivity contribution in [3.05, 3.63) is 34.1 Å². The maximum absolute atomic E-state index is 13.2. The van der Waals surface area contributed by atoms with Gasteiger partial charge in [-0.2, -0.15) is 0 Å². The minimum Gasteiger partial charge on any atom is -0.396 e. The number of benzene rings is 1. The average molecular weight is 290 g/mol. The van der Waals surface area contributed by atoms with Crippen LogP contribution < -0.4 is 5.73 Å². The first kappa shape index (κ1) is 13.6. The Balaban J connectivity index is 2.93. The number of hydrogen-bond acceptors (Lipinski definition) is 2. The molecule has 90 valence electrons. The van der Waals surface area contributed by atoms with Crippen molar-refractivity contribution in [2.45, 2.75) is 19.8 Å². The summed E-state index contributed by atoms with van der Waals surface area (Å²) in [5.41, 5.74) is 6.20. The Morgan fingerprint density at radius 3 is 2.56 bits per heavy atom. The fourth-order valence-electron chi connectivity index (χ4n) is 1.72. The van der Waals surface area contributed by atoms with E-state index in [9.17, 15) is 9.50 Å². The van der Waals surface area contributed by atoms with E-state index in [-0.39, 0.29) is 17.8 Å². The standard InChI is InChI=1S/C12H17BrFNO/c1-2-12(7-15,8-16)6-9-3-10(13)5-11(14)4-9/h3-5,16H,2,6-8,15H2,1H3. The fourth-order valence-corrected chi connectivity index (χ4v) is 2.23. The van der Waals surface area contributed by atoms with Crippen LogP contribution in [0.2, 0.25) is 0 Å². The number of nitrogens with two attached hydrogens (primary N) is 1. The van der Waals surface area contributed by atoms with Crippen LogP contribution >= 0.6 is 15.9 Å². The zero-order valence-corrected chi connectivity index (χ0v) is 10.9. The van der Waals surface area contributed by atoms with Crippen molar-refractivity contribution in [1.29, 1.82) is 0 Å². The van der Waals surface area contributed by atoms with Crippen LogP contribution in [0, 0.1) is 11.2 Å². The zero-order chi connectivity index (χ0) is 12.2. The molecule has 1 unspecified atom stereocenters. The summed E-state index contributed by atoms with van der Waals surface area (Å²) in [6.07, 6.45) is 1.36. The highest BCUT2D eigenvalue weighted by molar-refractivity contribution is 9.10. The van der Waals surface area contributed by atoms with Crippen LogP contribution in [-0.2, 0) is 6.42 Å². The number of aliphatic hydroxyl groups is 1. The van der Waals surface area contributed by atoms with Crippen LogP contribution in [0.4, 0.5) is 4.39 Å². The summed E-state index contributed by atoms with van der Waals surface area (Å²) in [4.78, 5) is 0. The van der Waals surface area contributed by atoms with E-state index in [1.807, 2.05) is 13.0 Å². The molecule has 1 atom stereocenters. The summed E-state index contributed by atoms with van der Waals surface area (Å²) >= 11 is 3.25. The second kappa shape index (κ2) is 5.75. The maximum Gasteiger partial charge on any atom is 0.124 e. The van der Waals surface area contributed by atoms with Crippen LogP contribution in [0.15, 0.2) is 22.7 Å². The van der Waals surface area contributed by atoms with E-state index < -0.39 is 0 Å². The van der Waals surface area contributed by atoms with E-state index in [0.717, 1.165) is 12.0 Å². The molecule has 0 aromatic heterocycles. The lowest BCUT2D eigenvalue weighted by Crippen LogP contribution is -2.35. The van der Waals surface area contributed by atoms with Crippen molar-refractivity contribution in [3.8, 4) is 0 Å². The molecular formula is C12H17BrFNO. The third-order valence-electron chi connectivity index (χ3n) is 3.02. The van der Waals surface area contributed by atoms with E-state index in [4.69, 9.17) is 5.73 Å². The van der Waals surface area contributed by atoms with Crippen molar-refractivity contribution in [2.75, 3.05) is 13.2 Å². The van der Waals surface area contributed by atoms with Gasteiger partial charge in [-0.05, 0) is 36.6 Å². The lowest BCUT2D eigenvalue weighted by molar-refractivity contribution is 0.127. The molecule has 0 radical (unpaired) electrons. The first-order chi connectivity index (χ1) is 7.55. The van der Waals surface area contributed by atoms with Gasteiger partial charge in [0.1, 0.15) is 5.82 Å². The highest BCUT2D eigenvalue weighted by Crippen LogP contribution is 2.27. The Hall–Kier alpha value is -0.450. The molecule has 3 N–H and O–H groups in total. The minimum absolute atomic E-state index is 0.0220. The van der Waals surface area contributed by atoms with Gasteiger partial charge >= 0.3 is 0 Å². The third kappa shape index (κ3) is 3.27. The maximum atomic E-state index is 13.2. The SMILES string of the molecule is CCC(CN)(CO)Cc1cc(F)cc(Br)c1. The summed E-state index contributed by atoms with van der Waals surface area (Å²) < 4.78 is 13.9. The molecule has 0 bridgehead atoms. The summed E-state index contributed by atoms with van der Waals surface area (Å²) in [5.74, 6) is -0.274. The van der Waals surface area contributed by atoms with Gasteiger partial charge in [0, 0.05) is 16.4 Å². The van der Waals surface area contributed by atoms with Crippen molar-refractivity contribution in [3.63, 3.8) is 0 Å². The van der Waals surface area contributed by atoms with E-state index in [0.29, 0.717) is 17.4 Å². The highest BCUT2D eigenvalue weighted by Gasteiger charge is 2.26. The molecule has 0 saturated carbocycles. The predicted molar refractivity (Wildman–Crippen MR) is 66.7 cm³/mol.